The fourth-order valence-electron chi connectivity index (χ4n) is 7.31. The van der Waals surface area contributed by atoms with Gasteiger partial charge in [-0.2, -0.15) is 4.39 Å². The lowest BCUT2D eigenvalue weighted by Gasteiger charge is -2.05. The SMILES string of the molecule is Cc1cccc(-c2[nH]c(Cc3cc(F)c(F)cc3F)nc2-c2ccc3c(c2)OCO3)n1.Cc1cccc(-c2[nH]c(Cc3ccc(F)c([N+](=O)[O-])c3)nc2-c2ccc3ncccc3c2)n1. The van der Waals surface area contributed by atoms with E-state index in [1.807, 2.05) is 86.6 Å². The zero-order valence-electron chi connectivity index (χ0n) is 34.0. The number of fused-ring (bicyclic) bond motifs is 2. The molecule has 2 N–H and O–H groups in total. The standard InChI is InChI=1S/C25H18FN5O2.C23H16F3N3O2/c1-15-4-2-6-21(28-15)25-24(18-8-10-20-17(14-18)5-3-11-27-20)29-23(30-25)13-16-7-9-19(26)22(12-16)31(32)33;1-12-3-2-4-18(27-12)23-22(13-5-6-19-20(8-13)31-11-30-19)28-21(29-23)9-14-7-16(25)17(26)10-15(14)24/h2-12,14H,13H2,1H3,(H,29,30);2-8,10H,9,11H2,1H3,(H,28,29). The average molecular weight is 863 g/mol. The maximum absolute atomic E-state index is 14.2. The van der Waals surface area contributed by atoms with Crippen molar-refractivity contribution in [2.75, 3.05) is 6.79 Å². The van der Waals surface area contributed by atoms with Crippen LogP contribution in [0.15, 0.2) is 121 Å². The van der Waals surface area contributed by atoms with Gasteiger partial charge in [0, 0.05) is 59.1 Å². The second kappa shape index (κ2) is 17.2. The third kappa shape index (κ3) is 8.61. The molecule has 0 aliphatic carbocycles. The van der Waals surface area contributed by atoms with Gasteiger partial charge in [-0.15, -0.1) is 0 Å². The molecule has 4 aromatic carbocycles. The molecule has 16 heteroatoms. The molecule has 5 aromatic heterocycles. The first-order chi connectivity index (χ1) is 30.9. The summed E-state index contributed by atoms with van der Waals surface area (Å²) in [6.07, 6.45) is 1.97. The monoisotopic (exact) mass is 862 g/mol. The van der Waals surface area contributed by atoms with Crippen LogP contribution in [-0.4, -0.2) is 46.6 Å². The molecule has 0 unspecified atom stereocenters. The number of ether oxygens (including phenoxy) is 2. The summed E-state index contributed by atoms with van der Waals surface area (Å²) >= 11 is 0. The summed E-state index contributed by atoms with van der Waals surface area (Å²) in [6, 6.07) is 31.8. The Morgan fingerprint density at radius 3 is 1.95 bits per heavy atom. The van der Waals surface area contributed by atoms with Crippen molar-refractivity contribution in [3.05, 3.63) is 189 Å². The molecule has 6 heterocycles. The smallest absolute Gasteiger partial charge is 0.305 e. The number of nitro benzene ring substituents is 1. The predicted molar refractivity (Wildman–Crippen MR) is 230 cm³/mol. The number of aromatic nitrogens is 7. The number of aryl methyl sites for hydroxylation is 2. The van der Waals surface area contributed by atoms with Crippen LogP contribution in [0.5, 0.6) is 11.5 Å². The van der Waals surface area contributed by atoms with Crippen molar-refractivity contribution < 1.29 is 32.0 Å². The molecule has 0 radical (unpaired) electrons. The van der Waals surface area contributed by atoms with Crippen LogP contribution >= 0.6 is 0 Å². The molecule has 0 fully saturated rings. The second-order valence-electron chi connectivity index (χ2n) is 14.9. The van der Waals surface area contributed by atoms with Crippen molar-refractivity contribution in [2.45, 2.75) is 26.7 Å². The molecule has 12 nitrogen and oxygen atoms in total. The van der Waals surface area contributed by atoms with E-state index in [0.29, 0.717) is 57.6 Å². The molecular formula is C48H34F4N8O4. The lowest BCUT2D eigenvalue weighted by Crippen LogP contribution is -1.98. The van der Waals surface area contributed by atoms with E-state index in [0.717, 1.165) is 56.9 Å². The second-order valence-corrected chi connectivity index (χ2v) is 14.9. The highest BCUT2D eigenvalue weighted by atomic mass is 19.2. The van der Waals surface area contributed by atoms with Crippen LogP contribution in [0, 0.1) is 47.2 Å². The topological polar surface area (TPSA) is 158 Å². The highest BCUT2D eigenvalue weighted by molar-refractivity contribution is 5.87. The van der Waals surface area contributed by atoms with Crippen molar-refractivity contribution in [3.8, 4) is 56.8 Å². The molecule has 0 atom stereocenters. The number of pyridine rings is 3. The minimum Gasteiger partial charge on any atom is -0.454 e. The summed E-state index contributed by atoms with van der Waals surface area (Å²) in [5.41, 5.74) is 8.27. The summed E-state index contributed by atoms with van der Waals surface area (Å²) in [5, 5.41) is 12.1. The first-order valence-corrected chi connectivity index (χ1v) is 19.8. The fraction of sp³-hybridized carbons (Fsp3) is 0.104. The molecule has 1 aliphatic rings. The molecule has 1 aliphatic heterocycles. The maximum Gasteiger partial charge on any atom is 0.305 e. The van der Waals surface area contributed by atoms with Gasteiger partial charge in [0.15, 0.2) is 23.1 Å². The molecule has 0 amide bonds. The highest BCUT2D eigenvalue weighted by Crippen LogP contribution is 2.39. The third-order valence-electron chi connectivity index (χ3n) is 10.3. The van der Waals surface area contributed by atoms with Crippen molar-refractivity contribution in [3.63, 3.8) is 0 Å². The molecular weight excluding hydrogens is 829 g/mol. The van der Waals surface area contributed by atoms with E-state index in [2.05, 4.69) is 29.9 Å². The van der Waals surface area contributed by atoms with E-state index in [9.17, 15) is 27.7 Å². The van der Waals surface area contributed by atoms with Gasteiger partial charge in [-0.25, -0.2) is 23.1 Å². The van der Waals surface area contributed by atoms with Crippen LogP contribution in [0.25, 0.3) is 56.2 Å². The average Bonchev–Trinajstić information content (AvgIpc) is 4.05. The molecule has 64 heavy (non-hydrogen) atoms. The van der Waals surface area contributed by atoms with Gasteiger partial charge in [0.1, 0.15) is 17.5 Å². The van der Waals surface area contributed by atoms with Crippen molar-refractivity contribution in [1.82, 2.24) is 34.9 Å². The number of H-pyrrole nitrogens is 2. The molecule has 318 valence electrons. The van der Waals surface area contributed by atoms with Gasteiger partial charge in [-0.05, 0) is 97.8 Å². The van der Waals surface area contributed by atoms with Crippen molar-refractivity contribution in [1.29, 1.82) is 0 Å². The zero-order valence-corrected chi connectivity index (χ0v) is 34.0. The van der Waals surface area contributed by atoms with Gasteiger partial charge in [-0.3, -0.25) is 25.1 Å². The van der Waals surface area contributed by atoms with Crippen LogP contribution in [0.3, 0.4) is 0 Å². The Balaban J connectivity index is 0.000000162. The molecule has 0 spiro atoms. The first-order valence-electron chi connectivity index (χ1n) is 19.8. The van der Waals surface area contributed by atoms with Crippen LogP contribution in [-0.2, 0) is 12.8 Å². The van der Waals surface area contributed by atoms with Crippen LogP contribution in [0.4, 0.5) is 23.2 Å². The summed E-state index contributed by atoms with van der Waals surface area (Å²) in [7, 11) is 0. The quantitative estimate of drug-likeness (QED) is 0.0623. The molecule has 0 bridgehead atoms. The van der Waals surface area contributed by atoms with Crippen LogP contribution in [0.1, 0.15) is 34.2 Å². The number of aromatic amines is 2. The zero-order chi connectivity index (χ0) is 44.5. The lowest BCUT2D eigenvalue weighted by molar-refractivity contribution is -0.387. The third-order valence-corrected chi connectivity index (χ3v) is 10.3. The highest BCUT2D eigenvalue weighted by Gasteiger charge is 2.22. The summed E-state index contributed by atoms with van der Waals surface area (Å²) in [4.78, 5) is 39.9. The Hall–Kier alpha value is -8.27. The largest absolute Gasteiger partial charge is 0.454 e. The van der Waals surface area contributed by atoms with E-state index < -0.39 is 33.9 Å². The van der Waals surface area contributed by atoms with E-state index in [1.165, 1.54) is 12.1 Å². The van der Waals surface area contributed by atoms with Gasteiger partial charge in [0.25, 0.3) is 0 Å². The van der Waals surface area contributed by atoms with Gasteiger partial charge in [0.2, 0.25) is 12.6 Å². The first kappa shape index (κ1) is 41.1. The summed E-state index contributed by atoms with van der Waals surface area (Å²) < 4.78 is 65.7. The number of halogens is 4. The number of nitro groups is 1. The van der Waals surface area contributed by atoms with E-state index in [4.69, 9.17) is 14.5 Å². The number of hydrogen-bond acceptors (Lipinski definition) is 9. The molecule has 9 aromatic rings. The number of hydrogen-bond donors (Lipinski definition) is 2. The van der Waals surface area contributed by atoms with Crippen molar-refractivity contribution in [2.24, 2.45) is 0 Å². The Morgan fingerprint density at radius 2 is 1.27 bits per heavy atom. The Bertz CT molecular complexity index is 3240. The van der Waals surface area contributed by atoms with Crippen molar-refractivity contribution >= 4 is 16.6 Å². The Kier molecular flexibility index (Phi) is 11.1. The molecule has 0 saturated carbocycles. The van der Waals surface area contributed by atoms with E-state index in [-0.39, 0.29) is 25.2 Å². The van der Waals surface area contributed by atoms with Gasteiger partial charge in [-0.1, -0.05) is 30.3 Å². The molecule has 10 rings (SSSR count). The number of benzene rings is 4. The summed E-state index contributed by atoms with van der Waals surface area (Å²) in [5.74, 6) is -1.83. The van der Waals surface area contributed by atoms with E-state index >= 15 is 0 Å². The van der Waals surface area contributed by atoms with Crippen LogP contribution in [0.2, 0.25) is 0 Å². The lowest BCUT2D eigenvalue weighted by atomic mass is 10.1. The Morgan fingerprint density at radius 1 is 0.625 bits per heavy atom. The normalized spacial score (nSPS) is 11.7. The maximum atomic E-state index is 14.2. The number of imidazole rings is 2. The minimum atomic E-state index is -1.23. The van der Waals surface area contributed by atoms with E-state index in [1.54, 1.807) is 18.3 Å². The van der Waals surface area contributed by atoms with Gasteiger partial charge in [0.05, 0.1) is 44.6 Å². The number of rotatable bonds is 9. The fourth-order valence-corrected chi connectivity index (χ4v) is 7.31. The predicted octanol–water partition coefficient (Wildman–Crippen LogP) is 10.8. The van der Waals surface area contributed by atoms with Gasteiger partial charge >= 0.3 is 5.69 Å². The van der Waals surface area contributed by atoms with Crippen LogP contribution < -0.4 is 9.47 Å². The number of nitrogens with one attached hydrogen (secondary N) is 2. The minimum absolute atomic E-state index is 0.00589. The Labute approximate surface area is 361 Å². The summed E-state index contributed by atoms with van der Waals surface area (Å²) in [6.45, 7) is 3.93. The molecule has 0 saturated heterocycles. The number of nitrogens with zero attached hydrogens (tertiary/aromatic N) is 6. The van der Waals surface area contributed by atoms with Gasteiger partial charge < -0.3 is 19.4 Å².